The second-order valence-electron chi connectivity index (χ2n) is 9.90. The number of alkyl carbamates (subject to hydrolysis) is 1. The monoisotopic (exact) mass is 464 g/mol. The van der Waals surface area contributed by atoms with Crippen LogP contribution in [0.25, 0.3) is 11.1 Å². The molecule has 0 spiro atoms. The first-order chi connectivity index (χ1) is 16.2. The van der Waals surface area contributed by atoms with Crippen LogP contribution in [0, 0.1) is 11.8 Å². The van der Waals surface area contributed by atoms with Gasteiger partial charge in [0.05, 0.1) is 0 Å². The summed E-state index contributed by atoms with van der Waals surface area (Å²) in [4.78, 5) is 39.1. The molecule has 2 aliphatic carbocycles. The van der Waals surface area contributed by atoms with E-state index < -0.39 is 24.1 Å². The molecule has 2 aliphatic rings. The van der Waals surface area contributed by atoms with E-state index in [2.05, 4.69) is 29.6 Å². The Morgan fingerprint density at radius 1 is 1.06 bits per heavy atom. The molecule has 0 radical (unpaired) electrons. The summed E-state index contributed by atoms with van der Waals surface area (Å²) in [6.07, 6.45) is 0.938. The van der Waals surface area contributed by atoms with Crippen molar-refractivity contribution >= 4 is 18.0 Å². The summed E-state index contributed by atoms with van der Waals surface area (Å²) in [6, 6.07) is 16.2. The summed E-state index contributed by atoms with van der Waals surface area (Å²) >= 11 is 0. The molecule has 180 valence electrons. The van der Waals surface area contributed by atoms with Crippen molar-refractivity contribution in [1.29, 1.82) is 0 Å². The van der Waals surface area contributed by atoms with Gasteiger partial charge in [-0.05, 0) is 53.9 Å². The van der Waals surface area contributed by atoms with E-state index in [9.17, 15) is 19.5 Å². The van der Waals surface area contributed by atoms with Gasteiger partial charge in [-0.1, -0.05) is 62.4 Å². The number of nitrogens with zero attached hydrogens (tertiary/aromatic N) is 1. The first-order valence-electron chi connectivity index (χ1n) is 11.8. The Kier molecular flexibility index (Phi) is 6.64. The van der Waals surface area contributed by atoms with Crippen molar-refractivity contribution in [3.8, 4) is 11.1 Å². The zero-order valence-corrected chi connectivity index (χ0v) is 19.9. The molecule has 7 heteroatoms. The van der Waals surface area contributed by atoms with E-state index in [1.165, 1.54) is 4.90 Å². The van der Waals surface area contributed by atoms with Crippen LogP contribution >= 0.6 is 0 Å². The van der Waals surface area contributed by atoms with E-state index in [0.29, 0.717) is 6.54 Å². The molecule has 4 rings (SSSR count). The predicted octanol–water partition coefficient (Wildman–Crippen LogP) is 4.26. The van der Waals surface area contributed by atoms with Gasteiger partial charge in [0.2, 0.25) is 5.91 Å². The molecule has 0 aromatic heterocycles. The van der Waals surface area contributed by atoms with Crippen LogP contribution in [0.3, 0.4) is 0 Å². The fraction of sp³-hybridized carbons (Fsp3) is 0.444. The lowest BCUT2D eigenvalue weighted by Crippen LogP contribution is -2.60. The molecule has 0 aliphatic heterocycles. The van der Waals surface area contributed by atoms with Gasteiger partial charge in [0.15, 0.2) is 0 Å². The van der Waals surface area contributed by atoms with Crippen LogP contribution in [0.2, 0.25) is 0 Å². The minimum atomic E-state index is -1.20. The van der Waals surface area contributed by atoms with Crippen molar-refractivity contribution in [2.45, 2.75) is 45.1 Å². The number of fused-ring (bicyclic) bond motifs is 3. The highest BCUT2D eigenvalue weighted by atomic mass is 16.5. The van der Waals surface area contributed by atoms with Crippen LogP contribution in [0.1, 0.15) is 50.7 Å². The molecule has 2 aromatic carbocycles. The third-order valence-electron chi connectivity index (χ3n) is 6.74. The Labute approximate surface area is 200 Å². The molecule has 0 bridgehead atoms. The SMILES string of the molecule is CC(C)CN(CC(=O)O)C(=O)C(C)(NC(=O)OCC1c2ccccc2-c2ccccc21)C1CC1. The highest BCUT2D eigenvalue weighted by molar-refractivity contribution is 5.92. The average molecular weight is 465 g/mol. The number of benzene rings is 2. The molecular weight excluding hydrogens is 432 g/mol. The van der Waals surface area contributed by atoms with Gasteiger partial charge in [0.25, 0.3) is 0 Å². The van der Waals surface area contributed by atoms with Crippen molar-refractivity contribution in [3.05, 3.63) is 59.7 Å². The number of hydrogen-bond donors (Lipinski definition) is 2. The zero-order chi connectivity index (χ0) is 24.5. The Bertz CT molecular complexity index is 1050. The number of nitrogens with one attached hydrogen (secondary N) is 1. The van der Waals surface area contributed by atoms with Crippen molar-refractivity contribution in [3.63, 3.8) is 0 Å². The maximum absolute atomic E-state index is 13.4. The summed E-state index contributed by atoms with van der Waals surface area (Å²) in [5.41, 5.74) is 3.31. The lowest BCUT2D eigenvalue weighted by atomic mass is 9.93. The molecular formula is C27H32N2O5. The molecule has 34 heavy (non-hydrogen) atoms. The van der Waals surface area contributed by atoms with Crippen LogP contribution in [-0.2, 0) is 14.3 Å². The fourth-order valence-corrected chi connectivity index (χ4v) is 4.99. The van der Waals surface area contributed by atoms with Gasteiger partial charge in [-0.2, -0.15) is 0 Å². The zero-order valence-electron chi connectivity index (χ0n) is 19.9. The number of amides is 2. The van der Waals surface area contributed by atoms with Gasteiger partial charge >= 0.3 is 12.1 Å². The standard InChI is InChI=1S/C27H32N2O5/c1-17(2)14-29(15-24(30)31)25(32)27(3,18-12-13-18)28-26(33)34-16-23-21-10-6-4-8-19(21)20-9-5-7-11-22(20)23/h4-11,17-18,23H,12-16H2,1-3H3,(H,28,33)(H,30,31). The fourth-order valence-electron chi connectivity index (χ4n) is 4.99. The first-order valence-corrected chi connectivity index (χ1v) is 11.8. The Hall–Kier alpha value is -3.35. The highest BCUT2D eigenvalue weighted by Crippen LogP contribution is 2.45. The molecule has 2 amide bonds. The molecule has 7 nitrogen and oxygen atoms in total. The first kappa shape index (κ1) is 23.8. The third kappa shape index (κ3) is 4.79. The Morgan fingerprint density at radius 3 is 2.12 bits per heavy atom. The predicted molar refractivity (Wildman–Crippen MR) is 128 cm³/mol. The number of carboxylic acid groups (broad SMARTS) is 1. The molecule has 1 fully saturated rings. The van der Waals surface area contributed by atoms with Crippen LogP contribution < -0.4 is 5.32 Å². The number of rotatable bonds is 9. The minimum absolute atomic E-state index is 0.0380. The van der Waals surface area contributed by atoms with Crippen LogP contribution in [0.4, 0.5) is 4.79 Å². The van der Waals surface area contributed by atoms with Gasteiger partial charge in [-0.15, -0.1) is 0 Å². The molecule has 1 saturated carbocycles. The topological polar surface area (TPSA) is 95.9 Å². The molecule has 2 N–H and O–H groups in total. The van der Waals surface area contributed by atoms with E-state index in [4.69, 9.17) is 4.74 Å². The second kappa shape index (κ2) is 9.49. The maximum Gasteiger partial charge on any atom is 0.408 e. The van der Waals surface area contributed by atoms with E-state index in [1.54, 1.807) is 6.92 Å². The summed E-state index contributed by atoms with van der Waals surface area (Å²) in [5.74, 6) is -1.47. The average Bonchev–Trinajstić information content (AvgIpc) is 3.60. The van der Waals surface area contributed by atoms with Crippen LogP contribution in [0.15, 0.2) is 48.5 Å². The normalized spacial score (nSPS) is 16.4. The summed E-state index contributed by atoms with van der Waals surface area (Å²) in [6.45, 7) is 5.60. The van der Waals surface area contributed by atoms with Crippen molar-refractivity contribution < 1.29 is 24.2 Å². The van der Waals surface area contributed by atoms with Crippen molar-refractivity contribution in [2.75, 3.05) is 19.7 Å². The molecule has 1 atom stereocenters. The lowest BCUT2D eigenvalue weighted by molar-refractivity contribution is -0.148. The summed E-state index contributed by atoms with van der Waals surface area (Å²) in [5, 5.41) is 12.1. The maximum atomic E-state index is 13.4. The number of aliphatic carboxylic acids is 1. The van der Waals surface area contributed by atoms with Crippen LogP contribution in [0.5, 0.6) is 0 Å². The molecule has 1 unspecified atom stereocenters. The third-order valence-corrected chi connectivity index (χ3v) is 6.74. The summed E-state index contributed by atoms with van der Waals surface area (Å²) in [7, 11) is 0. The van der Waals surface area contributed by atoms with Gasteiger partial charge in [0, 0.05) is 12.5 Å². The Morgan fingerprint density at radius 2 is 1.62 bits per heavy atom. The minimum Gasteiger partial charge on any atom is -0.480 e. The van der Waals surface area contributed by atoms with Crippen molar-refractivity contribution in [2.24, 2.45) is 11.8 Å². The number of carboxylic acids is 1. The molecule has 2 aromatic rings. The second-order valence-corrected chi connectivity index (χ2v) is 9.90. The molecule has 0 saturated heterocycles. The number of carbonyl (C=O) groups is 3. The summed E-state index contributed by atoms with van der Waals surface area (Å²) < 4.78 is 5.67. The van der Waals surface area contributed by atoms with Crippen molar-refractivity contribution in [1.82, 2.24) is 10.2 Å². The van der Waals surface area contributed by atoms with Crippen LogP contribution in [-0.4, -0.2) is 53.2 Å². The van der Waals surface area contributed by atoms with Gasteiger partial charge in [-0.25, -0.2) is 4.79 Å². The quantitative estimate of drug-likeness (QED) is 0.578. The lowest BCUT2D eigenvalue weighted by Gasteiger charge is -2.35. The van der Waals surface area contributed by atoms with E-state index >= 15 is 0 Å². The molecule has 0 heterocycles. The van der Waals surface area contributed by atoms with Gasteiger partial charge in [0.1, 0.15) is 18.7 Å². The number of hydrogen-bond acceptors (Lipinski definition) is 4. The van der Waals surface area contributed by atoms with Gasteiger partial charge < -0.3 is 20.1 Å². The largest absolute Gasteiger partial charge is 0.480 e. The Balaban J connectivity index is 1.48. The number of ether oxygens (including phenoxy) is 1. The number of carbonyl (C=O) groups excluding carboxylic acids is 2. The van der Waals surface area contributed by atoms with E-state index in [0.717, 1.165) is 35.1 Å². The van der Waals surface area contributed by atoms with E-state index in [1.807, 2.05) is 38.1 Å². The smallest absolute Gasteiger partial charge is 0.408 e. The highest BCUT2D eigenvalue weighted by Gasteiger charge is 2.50. The van der Waals surface area contributed by atoms with Gasteiger partial charge in [-0.3, -0.25) is 9.59 Å². The van der Waals surface area contributed by atoms with E-state index in [-0.39, 0.29) is 30.3 Å².